The summed E-state index contributed by atoms with van der Waals surface area (Å²) in [6.07, 6.45) is 3.08. The monoisotopic (exact) mass is 387 g/mol. The van der Waals surface area contributed by atoms with E-state index in [-0.39, 0.29) is 17.2 Å². The molecular weight excluding hydrogens is 366 g/mol. The average Bonchev–Trinajstić information content (AvgIpc) is 2.69. The number of hydrogen-bond donors (Lipinski definition) is 1. The Balaban J connectivity index is 1.92. The number of carbonyl (C=O) groups is 2. The van der Waals surface area contributed by atoms with E-state index < -0.39 is 11.8 Å². The fraction of sp³-hybridized carbons (Fsp3) is 0.316. The first kappa shape index (κ1) is 19.1. The molecule has 2 fully saturated rings. The van der Waals surface area contributed by atoms with Gasteiger partial charge in [0.25, 0.3) is 11.8 Å². The summed E-state index contributed by atoms with van der Waals surface area (Å²) in [5.41, 5.74) is 1.65. The molecule has 7 nitrogen and oxygen atoms in total. The first-order chi connectivity index (χ1) is 13.0. The van der Waals surface area contributed by atoms with Crippen molar-refractivity contribution in [1.82, 2.24) is 10.2 Å². The van der Waals surface area contributed by atoms with E-state index in [2.05, 4.69) is 16.8 Å². The maximum atomic E-state index is 12.7. The number of carbonyl (C=O) groups excluding carboxylic acids is 2. The van der Waals surface area contributed by atoms with Gasteiger partial charge in [0.05, 0.1) is 20.3 Å². The van der Waals surface area contributed by atoms with E-state index in [1.165, 1.54) is 11.0 Å². The van der Waals surface area contributed by atoms with Gasteiger partial charge in [-0.2, -0.15) is 0 Å². The lowest BCUT2D eigenvalue weighted by molar-refractivity contribution is -0.128. The van der Waals surface area contributed by atoms with Gasteiger partial charge in [-0.15, -0.1) is 6.58 Å². The van der Waals surface area contributed by atoms with E-state index in [0.29, 0.717) is 24.5 Å². The molecular formula is C19H21N3O4S. The van der Waals surface area contributed by atoms with Crippen molar-refractivity contribution in [1.29, 1.82) is 0 Å². The second-order valence-electron chi connectivity index (χ2n) is 6.05. The Morgan fingerprint density at radius 2 is 2.07 bits per heavy atom. The van der Waals surface area contributed by atoms with E-state index in [9.17, 15) is 9.59 Å². The van der Waals surface area contributed by atoms with E-state index in [4.69, 9.17) is 21.7 Å². The fourth-order valence-corrected chi connectivity index (χ4v) is 3.23. The highest BCUT2D eigenvalue weighted by atomic mass is 32.1. The van der Waals surface area contributed by atoms with Crippen molar-refractivity contribution in [3.63, 3.8) is 0 Å². The molecule has 0 unspecified atom stereocenters. The number of thiocarbonyl (C=S) groups is 1. The van der Waals surface area contributed by atoms with Crippen molar-refractivity contribution >= 4 is 40.9 Å². The lowest BCUT2D eigenvalue weighted by atomic mass is 10.1. The molecule has 3 rings (SSSR count). The zero-order chi connectivity index (χ0) is 19.4. The third-order valence-electron chi connectivity index (χ3n) is 4.39. The number of rotatable bonds is 5. The summed E-state index contributed by atoms with van der Waals surface area (Å²) in [5.74, 6) is -0.400. The number of amides is 2. The van der Waals surface area contributed by atoms with Gasteiger partial charge in [-0.3, -0.25) is 19.8 Å². The van der Waals surface area contributed by atoms with Gasteiger partial charge in [0.15, 0.2) is 5.11 Å². The topological polar surface area (TPSA) is 71.1 Å². The quantitative estimate of drug-likeness (QED) is 0.356. The van der Waals surface area contributed by atoms with Crippen LogP contribution in [-0.4, -0.2) is 61.8 Å². The molecule has 2 amide bonds. The van der Waals surface area contributed by atoms with Crippen molar-refractivity contribution in [2.24, 2.45) is 0 Å². The van der Waals surface area contributed by atoms with Gasteiger partial charge in [-0.1, -0.05) is 6.08 Å². The summed E-state index contributed by atoms with van der Waals surface area (Å²) >= 11 is 5.06. The van der Waals surface area contributed by atoms with E-state index in [0.717, 1.165) is 18.8 Å². The number of methoxy groups -OCH3 is 1. The van der Waals surface area contributed by atoms with E-state index >= 15 is 0 Å². The zero-order valence-corrected chi connectivity index (χ0v) is 15.9. The summed E-state index contributed by atoms with van der Waals surface area (Å²) < 4.78 is 10.9. The predicted octanol–water partition coefficient (Wildman–Crippen LogP) is 1.34. The number of anilines is 1. The molecule has 1 aromatic rings. The third kappa shape index (κ3) is 4.01. The molecule has 2 heterocycles. The normalized spacial score (nSPS) is 19.3. The largest absolute Gasteiger partial charge is 0.496 e. The smallest absolute Gasteiger partial charge is 0.265 e. The number of nitrogens with zero attached hydrogens (tertiary/aromatic N) is 2. The highest BCUT2D eigenvalue weighted by Gasteiger charge is 2.32. The summed E-state index contributed by atoms with van der Waals surface area (Å²) in [4.78, 5) is 28.4. The van der Waals surface area contributed by atoms with Gasteiger partial charge < -0.3 is 14.4 Å². The molecule has 2 aliphatic rings. The molecule has 0 spiro atoms. The van der Waals surface area contributed by atoms with Gasteiger partial charge in [0.2, 0.25) is 0 Å². The molecule has 2 saturated heterocycles. The molecule has 0 radical (unpaired) electrons. The molecule has 8 heteroatoms. The van der Waals surface area contributed by atoms with Crippen LogP contribution in [0.4, 0.5) is 5.69 Å². The van der Waals surface area contributed by atoms with Crippen LogP contribution in [0.2, 0.25) is 0 Å². The second kappa shape index (κ2) is 8.32. The second-order valence-corrected chi connectivity index (χ2v) is 6.43. The van der Waals surface area contributed by atoms with Crippen LogP contribution >= 0.6 is 12.2 Å². The lowest BCUT2D eigenvalue weighted by Gasteiger charge is -2.29. The number of hydrogen-bond acceptors (Lipinski definition) is 6. The van der Waals surface area contributed by atoms with Gasteiger partial charge in [-0.05, 0) is 30.4 Å². The van der Waals surface area contributed by atoms with Crippen molar-refractivity contribution < 1.29 is 19.1 Å². The maximum absolute atomic E-state index is 12.7. The molecule has 0 saturated carbocycles. The minimum atomic E-state index is -0.523. The number of morpholine rings is 1. The molecule has 0 bridgehead atoms. The van der Waals surface area contributed by atoms with Crippen LogP contribution in [0.15, 0.2) is 36.4 Å². The summed E-state index contributed by atoms with van der Waals surface area (Å²) in [5, 5.41) is 2.61. The maximum Gasteiger partial charge on any atom is 0.265 e. The molecule has 0 aliphatic carbocycles. The summed E-state index contributed by atoms with van der Waals surface area (Å²) in [7, 11) is 1.56. The van der Waals surface area contributed by atoms with Gasteiger partial charge in [0, 0.05) is 37.0 Å². The Morgan fingerprint density at radius 1 is 1.33 bits per heavy atom. The zero-order valence-electron chi connectivity index (χ0n) is 15.1. The first-order valence-corrected chi connectivity index (χ1v) is 8.96. The van der Waals surface area contributed by atoms with Crippen LogP contribution in [0.3, 0.4) is 0 Å². The Labute approximate surface area is 163 Å². The molecule has 142 valence electrons. The molecule has 1 N–H and O–H groups in total. The van der Waals surface area contributed by atoms with Crippen LogP contribution in [0.25, 0.3) is 6.08 Å². The average molecular weight is 387 g/mol. The SMILES string of the molecule is C=CCN1C(=O)/C(=C\c2ccc(N3CCOCC3)cc2OC)C(=O)NC1=S. The molecule has 2 aliphatic heterocycles. The van der Waals surface area contributed by atoms with Crippen molar-refractivity contribution in [2.45, 2.75) is 0 Å². The van der Waals surface area contributed by atoms with Crippen LogP contribution in [-0.2, 0) is 14.3 Å². The van der Waals surface area contributed by atoms with Gasteiger partial charge in [-0.25, -0.2) is 0 Å². The van der Waals surface area contributed by atoms with E-state index in [1.807, 2.05) is 18.2 Å². The number of benzene rings is 1. The highest BCUT2D eigenvalue weighted by molar-refractivity contribution is 7.80. The Hall–Kier alpha value is -2.71. The summed E-state index contributed by atoms with van der Waals surface area (Å²) in [6.45, 7) is 6.81. The lowest BCUT2D eigenvalue weighted by Crippen LogP contribution is -2.53. The molecule has 27 heavy (non-hydrogen) atoms. The van der Waals surface area contributed by atoms with E-state index in [1.54, 1.807) is 13.2 Å². The van der Waals surface area contributed by atoms with Crippen LogP contribution < -0.4 is 15.0 Å². The van der Waals surface area contributed by atoms with Crippen molar-refractivity contribution in [3.05, 3.63) is 42.0 Å². The molecule has 1 aromatic carbocycles. The van der Waals surface area contributed by atoms with Crippen LogP contribution in [0.1, 0.15) is 5.56 Å². The fourth-order valence-electron chi connectivity index (χ4n) is 2.98. The van der Waals surface area contributed by atoms with Crippen LogP contribution in [0.5, 0.6) is 5.75 Å². The molecule has 0 atom stereocenters. The van der Waals surface area contributed by atoms with Gasteiger partial charge in [0.1, 0.15) is 11.3 Å². The van der Waals surface area contributed by atoms with Gasteiger partial charge >= 0.3 is 0 Å². The number of nitrogens with one attached hydrogen (secondary N) is 1. The minimum absolute atomic E-state index is 0.00266. The molecule has 0 aromatic heterocycles. The van der Waals surface area contributed by atoms with Crippen molar-refractivity contribution in [3.8, 4) is 5.75 Å². The third-order valence-corrected chi connectivity index (χ3v) is 4.71. The Bertz CT molecular complexity index is 815. The van der Waals surface area contributed by atoms with Crippen LogP contribution in [0, 0.1) is 0 Å². The standard InChI is InChI=1S/C19H21N3O4S/c1-3-6-22-18(24)15(17(23)20-19(22)27)11-13-4-5-14(12-16(13)25-2)21-7-9-26-10-8-21/h3-5,11-12H,1,6-10H2,2H3,(H,20,23,27)/b15-11-. The predicted molar refractivity (Wildman–Crippen MR) is 107 cm³/mol. The van der Waals surface area contributed by atoms with Crippen molar-refractivity contribution in [2.75, 3.05) is 44.9 Å². The minimum Gasteiger partial charge on any atom is -0.496 e. The first-order valence-electron chi connectivity index (χ1n) is 8.55. The summed E-state index contributed by atoms with van der Waals surface area (Å²) in [6, 6.07) is 5.68. The highest BCUT2D eigenvalue weighted by Crippen LogP contribution is 2.29. The Morgan fingerprint density at radius 3 is 2.74 bits per heavy atom. The Kier molecular flexibility index (Phi) is 5.88. The number of ether oxygens (including phenoxy) is 2.